The third-order valence-electron chi connectivity index (χ3n) is 3.42. The molecule has 2 atom stereocenters. The first-order chi connectivity index (χ1) is 8.60. The first-order valence-electron chi connectivity index (χ1n) is 6.23. The van der Waals surface area contributed by atoms with Crippen LogP contribution in [0, 0.1) is 12.8 Å². The van der Waals surface area contributed by atoms with E-state index in [1.54, 1.807) is 0 Å². The van der Waals surface area contributed by atoms with Gasteiger partial charge in [0.05, 0.1) is 8.66 Å². The van der Waals surface area contributed by atoms with Crippen molar-refractivity contribution in [2.24, 2.45) is 5.92 Å². The molecule has 0 radical (unpaired) electrons. The molecule has 2 unspecified atom stereocenters. The summed E-state index contributed by atoms with van der Waals surface area (Å²) in [6.07, 6.45) is 4.71. The molecule has 0 saturated heterocycles. The van der Waals surface area contributed by atoms with E-state index in [2.05, 4.69) is 37.2 Å². The second-order valence-electron chi connectivity index (χ2n) is 4.92. The van der Waals surface area contributed by atoms with E-state index >= 15 is 0 Å². The minimum Gasteiger partial charge on any atom is -0.349 e. The van der Waals surface area contributed by atoms with Crippen LogP contribution >= 0.6 is 43.2 Å². The number of halogens is 2. The number of rotatable bonds is 3. The van der Waals surface area contributed by atoms with Gasteiger partial charge in [-0.25, -0.2) is 0 Å². The van der Waals surface area contributed by atoms with Crippen molar-refractivity contribution in [1.82, 2.24) is 5.32 Å². The maximum absolute atomic E-state index is 12.1. The Morgan fingerprint density at radius 1 is 1.56 bits per heavy atom. The Morgan fingerprint density at radius 3 is 2.94 bits per heavy atom. The van der Waals surface area contributed by atoms with Crippen molar-refractivity contribution in [3.63, 3.8) is 0 Å². The van der Waals surface area contributed by atoms with Gasteiger partial charge in [-0.15, -0.1) is 11.3 Å². The number of aryl methyl sites for hydroxylation is 1. The highest BCUT2D eigenvalue weighted by Crippen LogP contribution is 2.29. The molecule has 1 saturated carbocycles. The van der Waals surface area contributed by atoms with Crippen molar-refractivity contribution in [3.8, 4) is 0 Å². The molecule has 18 heavy (non-hydrogen) atoms. The highest BCUT2D eigenvalue weighted by atomic mass is 79.9. The zero-order valence-electron chi connectivity index (χ0n) is 10.3. The number of alkyl halides is 1. The number of nitrogens with one attached hydrogen (secondary N) is 1. The van der Waals surface area contributed by atoms with E-state index in [0.717, 1.165) is 32.4 Å². The monoisotopic (exact) mass is 393 g/mol. The molecule has 0 spiro atoms. The smallest absolute Gasteiger partial charge is 0.261 e. The predicted octanol–water partition coefficient (Wildman–Crippen LogP) is 4.50. The largest absolute Gasteiger partial charge is 0.349 e. The Kier molecular flexibility index (Phi) is 5.27. The molecule has 1 N–H and O–H groups in total. The Bertz CT molecular complexity index is 413. The molecule has 100 valence electrons. The van der Waals surface area contributed by atoms with Crippen LogP contribution in [0.1, 0.15) is 40.9 Å². The molecule has 1 aromatic rings. The summed E-state index contributed by atoms with van der Waals surface area (Å²) in [6.45, 7) is 2.01. The molecule has 0 aromatic carbocycles. The lowest BCUT2D eigenvalue weighted by atomic mass is 9.87. The van der Waals surface area contributed by atoms with E-state index in [1.165, 1.54) is 24.2 Å². The molecule has 0 bridgehead atoms. The van der Waals surface area contributed by atoms with Crippen LogP contribution in [0.4, 0.5) is 0 Å². The van der Waals surface area contributed by atoms with Gasteiger partial charge in [0.1, 0.15) is 0 Å². The zero-order valence-corrected chi connectivity index (χ0v) is 14.3. The minimum absolute atomic E-state index is 0.0778. The Labute approximate surface area is 129 Å². The summed E-state index contributed by atoms with van der Waals surface area (Å²) in [5.74, 6) is 0.787. The van der Waals surface area contributed by atoms with E-state index in [-0.39, 0.29) is 5.91 Å². The molecule has 1 aromatic heterocycles. The first-order valence-corrected chi connectivity index (χ1v) is 8.96. The van der Waals surface area contributed by atoms with Crippen LogP contribution in [0.5, 0.6) is 0 Å². The van der Waals surface area contributed by atoms with E-state index in [1.807, 2.05) is 13.0 Å². The Hall–Kier alpha value is 0.130. The molecule has 1 aliphatic rings. The zero-order chi connectivity index (χ0) is 13.1. The summed E-state index contributed by atoms with van der Waals surface area (Å²) in [7, 11) is 0. The number of carbonyl (C=O) groups excluding carboxylic acids is 1. The van der Waals surface area contributed by atoms with Gasteiger partial charge in [-0.3, -0.25) is 4.79 Å². The van der Waals surface area contributed by atoms with E-state index in [0.29, 0.717) is 12.0 Å². The summed E-state index contributed by atoms with van der Waals surface area (Å²) in [4.78, 5) is 12.9. The number of hydrogen-bond donors (Lipinski definition) is 1. The molecule has 1 amide bonds. The fourth-order valence-corrected chi connectivity index (χ4v) is 4.42. The Morgan fingerprint density at radius 2 is 2.33 bits per heavy atom. The second kappa shape index (κ2) is 6.53. The maximum atomic E-state index is 12.1. The van der Waals surface area contributed by atoms with Crippen LogP contribution in [0.25, 0.3) is 0 Å². The second-order valence-corrected chi connectivity index (χ2v) is 7.94. The molecule has 0 aliphatic heterocycles. The molecule has 1 aliphatic carbocycles. The molecule has 2 nitrogen and oxygen atoms in total. The topological polar surface area (TPSA) is 29.1 Å². The van der Waals surface area contributed by atoms with Crippen LogP contribution in [0.2, 0.25) is 0 Å². The van der Waals surface area contributed by atoms with Crippen LogP contribution < -0.4 is 5.32 Å². The highest BCUT2D eigenvalue weighted by Gasteiger charge is 2.23. The molecule has 1 heterocycles. The molecule has 2 rings (SSSR count). The average molecular weight is 395 g/mol. The quantitative estimate of drug-likeness (QED) is 0.751. The number of thiophene rings is 1. The van der Waals surface area contributed by atoms with Crippen molar-refractivity contribution in [2.75, 3.05) is 5.33 Å². The molecular weight excluding hydrogens is 378 g/mol. The lowest BCUT2D eigenvalue weighted by Gasteiger charge is -2.28. The standard InChI is InChI=1S/C13H17Br2NOS/c1-8-5-11(18-12(8)15)13(17)16-10-4-2-3-9(6-10)7-14/h5,9-10H,2-4,6-7H2,1H3,(H,16,17). The van der Waals surface area contributed by atoms with Crippen LogP contribution in [-0.4, -0.2) is 17.3 Å². The minimum atomic E-state index is 0.0778. The third kappa shape index (κ3) is 3.58. The van der Waals surface area contributed by atoms with Gasteiger partial charge in [-0.1, -0.05) is 22.4 Å². The Balaban J connectivity index is 1.94. The van der Waals surface area contributed by atoms with Gasteiger partial charge in [-0.2, -0.15) is 0 Å². The van der Waals surface area contributed by atoms with Gasteiger partial charge in [0.25, 0.3) is 5.91 Å². The van der Waals surface area contributed by atoms with Gasteiger partial charge in [0, 0.05) is 11.4 Å². The van der Waals surface area contributed by atoms with Crippen molar-refractivity contribution in [2.45, 2.75) is 38.6 Å². The number of hydrogen-bond acceptors (Lipinski definition) is 2. The van der Waals surface area contributed by atoms with Crippen LogP contribution in [0.3, 0.4) is 0 Å². The summed E-state index contributed by atoms with van der Waals surface area (Å²) in [5.41, 5.74) is 1.13. The van der Waals surface area contributed by atoms with Crippen molar-refractivity contribution in [3.05, 3.63) is 20.3 Å². The highest BCUT2D eigenvalue weighted by molar-refractivity contribution is 9.11. The fraction of sp³-hybridized carbons (Fsp3) is 0.615. The molecular formula is C13H17Br2NOS. The lowest BCUT2D eigenvalue weighted by Crippen LogP contribution is -2.38. The number of amides is 1. The maximum Gasteiger partial charge on any atom is 0.261 e. The molecule has 1 fully saturated rings. The third-order valence-corrected chi connectivity index (χ3v) is 6.47. The summed E-state index contributed by atoms with van der Waals surface area (Å²) >= 11 is 8.52. The number of carbonyl (C=O) groups is 1. The summed E-state index contributed by atoms with van der Waals surface area (Å²) < 4.78 is 1.05. The van der Waals surface area contributed by atoms with Gasteiger partial charge in [0.15, 0.2) is 0 Å². The molecule has 5 heteroatoms. The normalized spacial score (nSPS) is 23.9. The first kappa shape index (κ1) is 14.5. The fourth-order valence-electron chi connectivity index (χ4n) is 2.39. The van der Waals surface area contributed by atoms with Crippen LogP contribution in [-0.2, 0) is 0 Å². The summed E-state index contributed by atoms with van der Waals surface area (Å²) in [6, 6.07) is 2.30. The van der Waals surface area contributed by atoms with E-state index in [4.69, 9.17) is 0 Å². The van der Waals surface area contributed by atoms with Crippen LogP contribution in [0.15, 0.2) is 9.85 Å². The average Bonchev–Trinajstić information content (AvgIpc) is 2.70. The predicted molar refractivity (Wildman–Crippen MR) is 83.8 cm³/mol. The van der Waals surface area contributed by atoms with Gasteiger partial charge >= 0.3 is 0 Å². The van der Waals surface area contributed by atoms with Crippen molar-refractivity contribution >= 4 is 49.1 Å². The SMILES string of the molecule is Cc1cc(C(=O)NC2CCCC(CBr)C2)sc1Br. The van der Waals surface area contributed by atoms with Crippen molar-refractivity contribution < 1.29 is 4.79 Å². The van der Waals surface area contributed by atoms with E-state index < -0.39 is 0 Å². The lowest BCUT2D eigenvalue weighted by molar-refractivity contribution is 0.0926. The summed E-state index contributed by atoms with van der Waals surface area (Å²) in [5, 5.41) is 4.21. The van der Waals surface area contributed by atoms with Crippen molar-refractivity contribution in [1.29, 1.82) is 0 Å². The van der Waals surface area contributed by atoms with Gasteiger partial charge in [-0.05, 0) is 59.7 Å². The van der Waals surface area contributed by atoms with E-state index in [9.17, 15) is 4.79 Å². The van der Waals surface area contributed by atoms with Gasteiger partial charge < -0.3 is 5.32 Å². The van der Waals surface area contributed by atoms with Gasteiger partial charge in [0.2, 0.25) is 0 Å².